The summed E-state index contributed by atoms with van der Waals surface area (Å²) in [5, 5.41) is 21.3. The van der Waals surface area contributed by atoms with Crippen molar-refractivity contribution in [2.24, 2.45) is 11.3 Å². The van der Waals surface area contributed by atoms with E-state index in [0.29, 0.717) is 36.9 Å². The minimum absolute atomic E-state index is 0.146. The number of nitrogens with one attached hydrogen (secondary N) is 1. The van der Waals surface area contributed by atoms with E-state index in [1.807, 2.05) is 27.7 Å². The maximum atomic E-state index is 12.2. The first-order chi connectivity index (χ1) is 14.1. The fourth-order valence-electron chi connectivity index (χ4n) is 3.40. The first-order valence-corrected chi connectivity index (χ1v) is 12.7. The van der Waals surface area contributed by atoms with Gasteiger partial charge < -0.3 is 15.5 Å². The number of thioether (sulfide) groups is 2. The fourth-order valence-corrected chi connectivity index (χ4v) is 4.92. The lowest BCUT2D eigenvalue weighted by Crippen LogP contribution is -2.52. The summed E-state index contributed by atoms with van der Waals surface area (Å²) < 4.78 is 0. The summed E-state index contributed by atoms with van der Waals surface area (Å²) in [4.78, 5) is 38.1. The molecule has 1 amide bonds. The zero-order valence-electron chi connectivity index (χ0n) is 20.4. The van der Waals surface area contributed by atoms with E-state index in [4.69, 9.17) is 0 Å². The molecule has 0 rings (SSSR count). The number of β-amino-alcohol motifs (C(OH)–C–C–N with tert-alkyl or cyclic N) is 2. The van der Waals surface area contributed by atoms with Gasteiger partial charge in [0.25, 0.3) is 11.0 Å². The van der Waals surface area contributed by atoms with Crippen LogP contribution in [0.2, 0.25) is 0 Å². The standard InChI is InChI=1S/C22H42N2O5S2/c1-15(2)12-30-18(27)9-23-19(28)20(29)31-14-21(5,6)13-22(7,8)24(10-16(3)25)11-17(4)26/h15-17,25-26H,9-14H2,1-8H3,(H,23,28). The maximum absolute atomic E-state index is 12.2. The predicted molar refractivity (Wildman–Crippen MR) is 130 cm³/mol. The summed E-state index contributed by atoms with van der Waals surface area (Å²) in [6, 6.07) is 0. The van der Waals surface area contributed by atoms with Crippen LogP contribution in [0.25, 0.3) is 0 Å². The Morgan fingerprint density at radius 3 is 1.90 bits per heavy atom. The molecule has 0 aliphatic carbocycles. The Balaban J connectivity index is 4.73. The molecule has 0 aliphatic rings. The number of carbonyl (C=O) groups is 3. The SMILES string of the molecule is CC(C)CSC(=O)CNC(=O)C(=O)SCC(C)(C)CC(C)(C)N(CC(C)O)CC(C)O. The van der Waals surface area contributed by atoms with Crippen LogP contribution in [-0.4, -0.2) is 80.1 Å². The number of carbonyl (C=O) groups excluding carboxylic acids is 3. The molecule has 182 valence electrons. The molecule has 0 radical (unpaired) electrons. The minimum Gasteiger partial charge on any atom is -0.392 e. The van der Waals surface area contributed by atoms with Crippen molar-refractivity contribution < 1.29 is 24.6 Å². The molecule has 0 aliphatic heterocycles. The van der Waals surface area contributed by atoms with Crippen LogP contribution in [0.1, 0.15) is 61.8 Å². The third kappa shape index (κ3) is 14.2. The van der Waals surface area contributed by atoms with E-state index in [1.54, 1.807) is 13.8 Å². The van der Waals surface area contributed by atoms with Gasteiger partial charge in [-0.25, -0.2) is 0 Å². The van der Waals surface area contributed by atoms with Crippen molar-refractivity contribution >= 4 is 39.7 Å². The molecule has 0 aromatic heterocycles. The van der Waals surface area contributed by atoms with Gasteiger partial charge in [0.15, 0.2) is 0 Å². The van der Waals surface area contributed by atoms with E-state index < -0.39 is 23.2 Å². The average Bonchev–Trinajstić information content (AvgIpc) is 2.60. The topological polar surface area (TPSA) is 107 Å². The molecule has 0 bridgehead atoms. The quantitative estimate of drug-likeness (QED) is 0.347. The highest BCUT2D eigenvalue weighted by molar-refractivity contribution is 8.15. The molecule has 2 unspecified atom stereocenters. The van der Waals surface area contributed by atoms with Crippen molar-refractivity contribution in [2.75, 3.05) is 31.1 Å². The summed E-state index contributed by atoms with van der Waals surface area (Å²) in [7, 11) is 0. The first kappa shape index (κ1) is 30.4. The third-order valence-corrected chi connectivity index (χ3v) is 7.16. The summed E-state index contributed by atoms with van der Waals surface area (Å²) in [6.07, 6.45) is -0.351. The van der Waals surface area contributed by atoms with Gasteiger partial charge in [0.1, 0.15) is 0 Å². The molecule has 7 nitrogen and oxygen atoms in total. The van der Waals surface area contributed by atoms with Crippen LogP contribution in [0.5, 0.6) is 0 Å². The van der Waals surface area contributed by atoms with Crippen molar-refractivity contribution in [1.82, 2.24) is 10.2 Å². The molecular formula is C22H42N2O5S2. The lowest BCUT2D eigenvalue weighted by atomic mass is 9.80. The van der Waals surface area contributed by atoms with Crippen LogP contribution in [0.3, 0.4) is 0 Å². The number of hydrogen-bond acceptors (Lipinski definition) is 8. The monoisotopic (exact) mass is 478 g/mol. The Morgan fingerprint density at radius 2 is 1.45 bits per heavy atom. The van der Waals surface area contributed by atoms with Gasteiger partial charge in [0, 0.05) is 30.1 Å². The van der Waals surface area contributed by atoms with Crippen molar-refractivity contribution in [2.45, 2.75) is 79.6 Å². The van der Waals surface area contributed by atoms with Gasteiger partial charge in [-0.15, -0.1) is 0 Å². The van der Waals surface area contributed by atoms with E-state index in [0.717, 1.165) is 23.5 Å². The second kappa shape index (κ2) is 13.8. The van der Waals surface area contributed by atoms with Crippen molar-refractivity contribution in [1.29, 1.82) is 0 Å². The summed E-state index contributed by atoms with van der Waals surface area (Å²) >= 11 is 2.12. The second-order valence-electron chi connectivity index (χ2n) is 10.1. The third-order valence-electron chi connectivity index (χ3n) is 4.49. The number of aliphatic hydroxyl groups is 2. The fraction of sp³-hybridized carbons (Fsp3) is 0.864. The van der Waals surface area contributed by atoms with Gasteiger partial charge in [-0.1, -0.05) is 51.2 Å². The number of amides is 1. The van der Waals surface area contributed by atoms with E-state index in [1.165, 1.54) is 0 Å². The van der Waals surface area contributed by atoms with Crippen LogP contribution < -0.4 is 5.32 Å². The van der Waals surface area contributed by atoms with Crippen molar-refractivity contribution in [3.05, 3.63) is 0 Å². The van der Waals surface area contributed by atoms with Gasteiger partial charge in [0.2, 0.25) is 5.12 Å². The van der Waals surface area contributed by atoms with E-state index in [2.05, 4.69) is 24.1 Å². The van der Waals surface area contributed by atoms with Crippen LogP contribution in [0.4, 0.5) is 0 Å². The average molecular weight is 479 g/mol. The van der Waals surface area contributed by atoms with Gasteiger partial charge in [0.05, 0.1) is 18.8 Å². The molecule has 3 N–H and O–H groups in total. The number of hydrogen-bond donors (Lipinski definition) is 3. The second-order valence-corrected chi connectivity index (χ2v) is 12.1. The number of rotatable bonds is 13. The van der Waals surface area contributed by atoms with Gasteiger partial charge >= 0.3 is 0 Å². The summed E-state index contributed by atoms with van der Waals surface area (Å²) in [5.41, 5.74) is -0.605. The Morgan fingerprint density at radius 1 is 0.935 bits per heavy atom. The Hall–Kier alpha value is -0.610. The molecule has 0 saturated heterocycles. The molecule has 0 aromatic carbocycles. The van der Waals surface area contributed by atoms with Crippen molar-refractivity contribution in [3.8, 4) is 0 Å². The molecule has 0 aromatic rings. The predicted octanol–water partition coefficient (Wildman–Crippen LogP) is 2.54. The van der Waals surface area contributed by atoms with Gasteiger partial charge in [-0.2, -0.15) is 0 Å². The normalized spacial score (nSPS) is 14.6. The highest BCUT2D eigenvalue weighted by Crippen LogP contribution is 2.35. The molecule has 0 fully saturated rings. The van der Waals surface area contributed by atoms with E-state index in [-0.39, 0.29) is 22.6 Å². The highest BCUT2D eigenvalue weighted by atomic mass is 32.2. The smallest absolute Gasteiger partial charge is 0.299 e. The zero-order valence-corrected chi connectivity index (χ0v) is 22.0. The molecule has 0 saturated carbocycles. The van der Waals surface area contributed by atoms with Crippen LogP contribution in [0.15, 0.2) is 0 Å². The first-order valence-electron chi connectivity index (χ1n) is 10.8. The van der Waals surface area contributed by atoms with Crippen LogP contribution in [0, 0.1) is 11.3 Å². The van der Waals surface area contributed by atoms with Crippen molar-refractivity contribution in [3.63, 3.8) is 0 Å². The highest BCUT2D eigenvalue weighted by Gasteiger charge is 2.35. The van der Waals surface area contributed by atoms with Crippen LogP contribution >= 0.6 is 23.5 Å². The Labute approximate surface area is 196 Å². The lowest BCUT2D eigenvalue weighted by Gasteiger charge is -2.44. The molecular weight excluding hydrogens is 436 g/mol. The van der Waals surface area contributed by atoms with E-state index >= 15 is 0 Å². The number of aliphatic hydroxyl groups excluding tert-OH is 2. The van der Waals surface area contributed by atoms with Gasteiger partial charge in [-0.05, 0) is 45.4 Å². The van der Waals surface area contributed by atoms with E-state index in [9.17, 15) is 24.6 Å². The molecule has 2 atom stereocenters. The summed E-state index contributed by atoms with van der Waals surface area (Å²) in [6.45, 7) is 16.3. The largest absolute Gasteiger partial charge is 0.392 e. The minimum atomic E-state index is -0.747. The zero-order chi connectivity index (χ0) is 24.4. The Kier molecular flexibility index (Phi) is 13.6. The Bertz CT molecular complexity index is 582. The molecule has 0 spiro atoms. The molecule has 0 heterocycles. The molecule has 31 heavy (non-hydrogen) atoms. The lowest BCUT2D eigenvalue weighted by molar-refractivity contribution is -0.133. The maximum Gasteiger partial charge on any atom is 0.299 e. The van der Waals surface area contributed by atoms with Gasteiger partial charge in [-0.3, -0.25) is 19.3 Å². The number of nitrogens with zero attached hydrogens (tertiary/aromatic N) is 1. The van der Waals surface area contributed by atoms with Crippen LogP contribution in [-0.2, 0) is 14.4 Å². The summed E-state index contributed by atoms with van der Waals surface area (Å²) in [5.74, 6) is 0.757. The molecule has 9 heteroatoms.